The normalized spacial score (nSPS) is 11.9. The summed E-state index contributed by atoms with van der Waals surface area (Å²) in [5.74, 6) is -0.0603. The second-order valence-corrected chi connectivity index (χ2v) is 4.58. The van der Waals surface area contributed by atoms with Crippen molar-refractivity contribution in [2.24, 2.45) is 0 Å². The number of hydrogen-bond donors (Lipinski definition) is 3. The fourth-order valence-electron chi connectivity index (χ4n) is 1.73. The van der Waals surface area contributed by atoms with Gasteiger partial charge in [-0.15, -0.1) is 0 Å². The summed E-state index contributed by atoms with van der Waals surface area (Å²) in [5, 5.41) is 11.6. The third kappa shape index (κ3) is 3.65. The second-order valence-electron chi connectivity index (χ2n) is 4.58. The SMILES string of the molecule is CCc1cc(=O)[nH]c(-c2ccc(N[C@@H](C)C(=O)O)nc2)n1. The predicted octanol–water partition coefficient (Wildman–Crippen LogP) is 1.28. The monoisotopic (exact) mass is 288 g/mol. The van der Waals surface area contributed by atoms with Crippen LogP contribution < -0.4 is 10.9 Å². The third-order valence-electron chi connectivity index (χ3n) is 2.93. The molecule has 0 radical (unpaired) electrons. The molecule has 2 rings (SSSR count). The highest BCUT2D eigenvalue weighted by atomic mass is 16.4. The average molecular weight is 288 g/mol. The standard InChI is InChI=1S/C14H16N4O3/c1-3-10-6-12(19)18-13(17-10)9-4-5-11(15-7-9)16-8(2)14(20)21/h4-8H,3H2,1-2H3,(H,15,16)(H,20,21)(H,17,18,19)/t8-/m0/s1. The summed E-state index contributed by atoms with van der Waals surface area (Å²) in [7, 11) is 0. The Hall–Kier alpha value is -2.70. The van der Waals surface area contributed by atoms with Crippen LogP contribution in [0.5, 0.6) is 0 Å². The lowest BCUT2D eigenvalue weighted by Gasteiger charge is -2.10. The highest BCUT2D eigenvalue weighted by Gasteiger charge is 2.11. The Labute approximate surface area is 121 Å². The summed E-state index contributed by atoms with van der Waals surface area (Å²) in [5.41, 5.74) is 1.16. The number of aliphatic carboxylic acids is 1. The molecule has 7 heteroatoms. The summed E-state index contributed by atoms with van der Waals surface area (Å²) in [4.78, 5) is 33.4. The van der Waals surface area contributed by atoms with E-state index in [9.17, 15) is 9.59 Å². The molecule has 0 spiro atoms. The van der Waals surface area contributed by atoms with Crippen LogP contribution in [-0.2, 0) is 11.2 Å². The number of anilines is 1. The summed E-state index contributed by atoms with van der Waals surface area (Å²) in [6.07, 6.45) is 2.20. The number of pyridine rings is 1. The molecule has 0 saturated heterocycles. The molecule has 21 heavy (non-hydrogen) atoms. The lowest BCUT2D eigenvalue weighted by Crippen LogP contribution is -2.25. The smallest absolute Gasteiger partial charge is 0.325 e. The number of H-pyrrole nitrogens is 1. The van der Waals surface area contributed by atoms with Gasteiger partial charge >= 0.3 is 5.97 Å². The first-order valence-electron chi connectivity index (χ1n) is 6.55. The average Bonchev–Trinajstić information content (AvgIpc) is 2.47. The zero-order chi connectivity index (χ0) is 15.4. The molecule has 0 unspecified atom stereocenters. The first-order chi connectivity index (χ1) is 9.99. The van der Waals surface area contributed by atoms with Gasteiger partial charge in [-0.1, -0.05) is 6.92 Å². The van der Waals surface area contributed by atoms with Crippen molar-refractivity contribution in [2.75, 3.05) is 5.32 Å². The number of carboxylic acid groups (broad SMARTS) is 1. The molecule has 0 bridgehead atoms. The van der Waals surface area contributed by atoms with E-state index in [0.29, 0.717) is 29.3 Å². The van der Waals surface area contributed by atoms with E-state index in [1.54, 1.807) is 12.1 Å². The number of hydrogen-bond acceptors (Lipinski definition) is 5. The van der Waals surface area contributed by atoms with Crippen LogP contribution in [-0.4, -0.2) is 32.1 Å². The molecule has 0 aliphatic carbocycles. The minimum atomic E-state index is -0.956. The van der Waals surface area contributed by atoms with Crippen LogP contribution in [0.15, 0.2) is 29.2 Å². The van der Waals surface area contributed by atoms with Crippen LogP contribution >= 0.6 is 0 Å². The van der Waals surface area contributed by atoms with E-state index in [1.807, 2.05) is 6.92 Å². The van der Waals surface area contributed by atoms with E-state index in [0.717, 1.165) is 0 Å². The first kappa shape index (κ1) is 14.7. The Bertz CT molecular complexity index is 694. The number of aromatic amines is 1. The fraction of sp³-hybridized carbons (Fsp3) is 0.286. The Morgan fingerprint density at radius 3 is 2.81 bits per heavy atom. The van der Waals surface area contributed by atoms with Crippen molar-refractivity contribution in [1.82, 2.24) is 15.0 Å². The van der Waals surface area contributed by atoms with E-state index in [1.165, 1.54) is 19.2 Å². The lowest BCUT2D eigenvalue weighted by molar-refractivity contribution is -0.137. The fourth-order valence-corrected chi connectivity index (χ4v) is 1.73. The van der Waals surface area contributed by atoms with Crippen molar-refractivity contribution in [2.45, 2.75) is 26.3 Å². The Morgan fingerprint density at radius 2 is 2.24 bits per heavy atom. The summed E-state index contributed by atoms with van der Waals surface area (Å²) >= 11 is 0. The number of aryl methyl sites for hydroxylation is 1. The van der Waals surface area contributed by atoms with Gasteiger partial charge < -0.3 is 15.4 Å². The van der Waals surface area contributed by atoms with Gasteiger partial charge in [-0.05, 0) is 25.5 Å². The lowest BCUT2D eigenvalue weighted by atomic mass is 10.2. The van der Waals surface area contributed by atoms with Crippen LogP contribution in [0.2, 0.25) is 0 Å². The van der Waals surface area contributed by atoms with Gasteiger partial charge in [-0.2, -0.15) is 0 Å². The summed E-state index contributed by atoms with van der Waals surface area (Å²) in [6.45, 7) is 3.45. The topological polar surface area (TPSA) is 108 Å². The molecule has 2 aromatic rings. The van der Waals surface area contributed by atoms with Crippen molar-refractivity contribution in [3.63, 3.8) is 0 Å². The van der Waals surface area contributed by atoms with Crippen LogP contribution in [0.3, 0.4) is 0 Å². The van der Waals surface area contributed by atoms with E-state index < -0.39 is 12.0 Å². The Balaban J connectivity index is 2.25. The molecule has 110 valence electrons. The molecular formula is C14H16N4O3. The zero-order valence-corrected chi connectivity index (χ0v) is 11.8. The summed E-state index contributed by atoms with van der Waals surface area (Å²) < 4.78 is 0. The molecule has 1 atom stereocenters. The van der Waals surface area contributed by atoms with Gasteiger partial charge in [0.15, 0.2) is 0 Å². The molecule has 0 saturated carbocycles. The van der Waals surface area contributed by atoms with Crippen LogP contribution in [0.1, 0.15) is 19.5 Å². The molecule has 3 N–H and O–H groups in total. The van der Waals surface area contributed by atoms with Crippen molar-refractivity contribution in [3.05, 3.63) is 40.4 Å². The highest BCUT2D eigenvalue weighted by molar-refractivity contribution is 5.76. The number of carboxylic acids is 1. The molecule has 2 aromatic heterocycles. The molecule has 2 heterocycles. The van der Waals surface area contributed by atoms with E-state index in [-0.39, 0.29) is 5.56 Å². The molecular weight excluding hydrogens is 272 g/mol. The van der Waals surface area contributed by atoms with E-state index >= 15 is 0 Å². The highest BCUT2D eigenvalue weighted by Crippen LogP contribution is 2.15. The predicted molar refractivity (Wildman–Crippen MR) is 78.2 cm³/mol. The van der Waals surface area contributed by atoms with Crippen molar-refractivity contribution < 1.29 is 9.90 Å². The minimum absolute atomic E-state index is 0.210. The largest absolute Gasteiger partial charge is 0.480 e. The maximum atomic E-state index is 11.5. The van der Waals surface area contributed by atoms with Crippen molar-refractivity contribution in [3.8, 4) is 11.4 Å². The molecule has 0 amide bonds. The first-order valence-corrected chi connectivity index (χ1v) is 6.55. The van der Waals surface area contributed by atoms with E-state index in [4.69, 9.17) is 5.11 Å². The van der Waals surface area contributed by atoms with Crippen molar-refractivity contribution in [1.29, 1.82) is 0 Å². The third-order valence-corrected chi connectivity index (χ3v) is 2.93. The summed E-state index contributed by atoms with van der Waals surface area (Å²) in [6, 6.07) is 4.10. The molecule has 0 aliphatic heterocycles. The quantitative estimate of drug-likeness (QED) is 0.765. The number of rotatable bonds is 5. The van der Waals surface area contributed by atoms with Crippen LogP contribution in [0.4, 0.5) is 5.82 Å². The van der Waals surface area contributed by atoms with Crippen LogP contribution in [0.25, 0.3) is 11.4 Å². The maximum absolute atomic E-state index is 11.5. The second kappa shape index (κ2) is 6.17. The van der Waals surface area contributed by atoms with Crippen LogP contribution in [0, 0.1) is 0 Å². The number of carbonyl (C=O) groups is 1. The molecule has 0 fully saturated rings. The van der Waals surface area contributed by atoms with Gasteiger partial charge in [0.25, 0.3) is 5.56 Å². The van der Waals surface area contributed by atoms with E-state index in [2.05, 4.69) is 20.3 Å². The Kier molecular flexibility index (Phi) is 4.32. The number of nitrogens with one attached hydrogen (secondary N) is 2. The molecule has 0 aliphatic rings. The zero-order valence-electron chi connectivity index (χ0n) is 11.8. The maximum Gasteiger partial charge on any atom is 0.325 e. The molecule has 7 nitrogen and oxygen atoms in total. The Morgan fingerprint density at radius 1 is 1.48 bits per heavy atom. The van der Waals surface area contributed by atoms with Gasteiger partial charge in [0.1, 0.15) is 17.7 Å². The van der Waals surface area contributed by atoms with Crippen molar-refractivity contribution >= 4 is 11.8 Å². The van der Waals surface area contributed by atoms with Gasteiger partial charge in [0, 0.05) is 23.5 Å². The number of nitrogens with zero attached hydrogens (tertiary/aromatic N) is 2. The minimum Gasteiger partial charge on any atom is -0.480 e. The number of aromatic nitrogens is 3. The molecule has 0 aromatic carbocycles. The van der Waals surface area contributed by atoms with Gasteiger partial charge in [-0.3, -0.25) is 9.59 Å². The van der Waals surface area contributed by atoms with Gasteiger partial charge in [0.05, 0.1) is 0 Å². The van der Waals surface area contributed by atoms with Gasteiger partial charge in [0.2, 0.25) is 0 Å². The van der Waals surface area contributed by atoms with Gasteiger partial charge in [-0.25, -0.2) is 9.97 Å².